The van der Waals surface area contributed by atoms with E-state index in [2.05, 4.69) is 11.6 Å². The molecule has 74 valence electrons. The Bertz CT molecular complexity index is 93.1. The molecule has 0 aliphatic rings. The highest BCUT2D eigenvalue weighted by Crippen LogP contribution is 1.93. The van der Waals surface area contributed by atoms with Gasteiger partial charge in [-0.3, -0.25) is 0 Å². The van der Waals surface area contributed by atoms with E-state index in [0.29, 0.717) is 13.2 Å². The predicted octanol–water partition coefficient (Wildman–Crippen LogP) is 0.336. The third-order valence-corrected chi connectivity index (χ3v) is 2.14. The van der Waals surface area contributed by atoms with Crippen LogP contribution in [0.2, 0.25) is 0 Å². The van der Waals surface area contributed by atoms with Gasteiger partial charge in [0.2, 0.25) is 0 Å². The smallest absolute Gasteiger partial charge is 0.0897 e. The molecular weight excluding hydrogens is 174 g/mol. The van der Waals surface area contributed by atoms with Gasteiger partial charge in [0.15, 0.2) is 0 Å². The molecule has 0 aliphatic heterocycles. The normalized spacial score (nSPS) is 13.2. The van der Waals surface area contributed by atoms with Crippen molar-refractivity contribution < 1.29 is 9.84 Å². The fraction of sp³-hybridized carbons (Fsp3) is 1.00. The van der Waals surface area contributed by atoms with Gasteiger partial charge in [0.1, 0.15) is 0 Å². The molecule has 2 N–H and O–H groups in total. The molecule has 0 aromatic rings. The minimum atomic E-state index is -0.371. The van der Waals surface area contributed by atoms with Gasteiger partial charge in [-0.15, -0.1) is 0 Å². The van der Waals surface area contributed by atoms with Gasteiger partial charge in [-0.2, -0.15) is 11.8 Å². The van der Waals surface area contributed by atoms with Crippen LogP contribution in [-0.4, -0.2) is 50.0 Å². The van der Waals surface area contributed by atoms with E-state index in [1.54, 1.807) is 7.11 Å². The summed E-state index contributed by atoms with van der Waals surface area (Å²) >= 11 is 1.84. The molecule has 0 heterocycles. The van der Waals surface area contributed by atoms with Crippen LogP contribution in [0.5, 0.6) is 0 Å². The van der Waals surface area contributed by atoms with E-state index in [4.69, 9.17) is 4.74 Å². The summed E-state index contributed by atoms with van der Waals surface area (Å²) in [5, 5.41) is 12.4. The fourth-order valence-electron chi connectivity index (χ4n) is 0.861. The minimum Gasteiger partial charge on any atom is -0.389 e. The molecule has 4 heteroatoms. The second-order valence-corrected chi connectivity index (χ2v) is 3.65. The molecule has 1 atom stereocenters. The molecule has 0 radical (unpaired) electrons. The average Bonchev–Trinajstić information content (AvgIpc) is 2.05. The summed E-state index contributed by atoms with van der Waals surface area (Å²) in [6, 6.07) is 0. The molecule has 0 amide bonds. The summed E-state index contributed by atoms with van der Waals surface area (Å²) < 4.78 is 4.79. The third-order valence-electron chi connectivity index (χ3n) is 1.44. The Hall–Kier alpha value is 0.230. The third kappa shape index (κ3) is 8.33. The summed E-state index contributed by atoms with van der Waals surface area (Å²) in [7, 11) is 1.59. The van der Waals surface area contributed by atoms with Crippen molar-refractivity contribution in [1.82, 2.24) is 5.32 Å². The molecule has 1 unspecified atom stereocenters. The maximum atomic E-state index is 9.21. The van der Waals surface area contributed by atoms with Crippen molar-refractivity contribution in [3.05, 3.63) is 0 Å². The van der Waals surface area contributed by atoms with Gasteiger partial charge in [0.05, 0.1) is 12.7 Å². The SMILES string of the molecule is COCC(O)CNCCCSC. The standard InChI is InChI=1S/C8H19NO2S/c1-11-7-8(10)6-9-4-3-5-12-2/h8-10H,3-7H2,1-2H3. The highest BCUT2D eigenvalue weighted by Gasteiger charge is 2.00. The lowest BCUT2D eigenvalue weighted by Crippen LogP contribution is -2.30. The van der Waals surface area contributed by atoms with Gasteiger partial charge < -0.3 is 15.2 Å². The molecule has 3 nitrogen and oxygen atoms in total. The zero-order chi connectivity index (χ0) is 9.23. The zero-order valence-corrected chi connectivity index (χ0v) is 8.69. The van der Waals surface area contributed by atoms with Crippen molar-refractivity contribution in [3.63, 3.8) is 0 Å². The van der Waals surface area contributed by atoms with Gasteiger partial charge in [-0.25, -0.2) is 0 Å². The zero-order valence-electron chi connectivity index (χ0n) is 7.88. The van der Waals surface area contributed by atoms with Crippen LogP contribution >= 0.6 is 11.8 Å². The van der Waals surface area contributed by atoms with Crippen molar-refractivity contribution in [2.45, 2.75) is 12.5 Å². The Morgan fingerprint density at radius 1 is 1.58 bits per heavy atom. The molecule has 0 saturated heterocycles. The van der Waals surface area contributed by atoms with Crippen LogP contribution in [0.15, 0.2) is 0 Å². The van der Waals surface area contributed by atoms with E-state index in [-0.39, 0.29) is 6.10 Å². The molecule has 0 aromatic heterocycles. The number of thioether (sulfide) groups is 1. The monoisotopic (exact) mass is 193 g/mol. The number of nitrogens with one attached hydrogen (secondary N) is 1. The lowest BCUT2D eigenvalue weighted by atomic mass is 10.3. The Morgan fingerprint density at radius 2 is 2.33 bits per heavy atom. The van der Waals surface area contributed by atoms with Crippen LogP contribution in [0.3, 0.4) is 0 Å². The first-order chi connectivity index (χ1) is 5.81. The van der Waals surface area contributed by atoms with E-state index in [1.807, 2.05) is 11.8 Å². The first-order valence-corrected chi connectivity index (χ1v) is 5.57. The molecule has 0 fully saturated rings. The average molecular weight is 193 g/mol. The Kier molecular flexibility index (Phi) is 9.50. The second kappa shape index (κ2) is 9.32. The van der Waals surface area contributed by atoms with E-state index >= 15 is 0 Å². The molecule has 0 spiro atoms. The van der Waals surface area contributed by atoms with E-state index in [9.17, 15) is 5.11 Å². The minimum absolute atomic E-state index is 0.371. The number of methoxy groups -OCH3 is 1. The molecule has 0 aromatic carbocycles. The molecule has 12 heavy (non-hydrogen) atoms. The van der Waals surface area contributed by atoms with Crippen molar-refractivity contribution in [1.29, 1.82) is 0 Å². The van der Waals surface area contributed by atoms with Crippen LogP contribution in [0.25, 0.3) is 0 Å². The highest BCUT2D eigenvalue weighted by atomic mass is 32.2. The first-order valence-electron chi connectivity index (χ1n) is 4.18. The summed E-state index contributed by atoms with van der Waals surface area (Å²) in [4.78, 5) is 0. The second-order valence-electron chi connectivity index (χ2n) is 2.66. The molecule has 0 saturated carbocycles. The largest absolute Gasteiger partial charge is 0.389 e. The molecular formula is C8H19NO2S. The van der Waals surface area contributed by atoms with Gasteiger partial charge in [-0.05, 0) is 25.0 Å². The van der Waals surface area contributed by atoms with Gasteiger partial charge >= 0.3 is 0 Å². The lowest BCUT2D eigenvalue weighted by molar-refractivity contribution is 0.0647. The van der Waals surface area contributed by atoms with Crippen LogP contribution in [-0.2, 0) is 4.74 Å². The molecule has 0 rings (SSSR count). The van der Waals surface area contributed by atoms with E-state index in [1.165, 1.54) is 5.75 Å². The number of rotatable bonds is 8. The predicted molar refractivity (Wildman–Crippen MR) is 53.8 cm³/mol. The maximum Gasteiger partial charge on any atom is 0.0897 e. The van der Waals surface area contributed by atoms with E-state index in [0.717, 1.165) is 13.0 Å². The first kappa shape index (κ1) is 12.2. The quantitative estimate of drug-likeness (QED) is 0.545. The van der Waals surface area contributed by atoms with Gasteiger partial charge in [0.25, 0.3) is 0 Å². The Balaban J connectivity index is 2.97. The summed E-state index contributed by atoms with van der Waals surface area (Å²) in [6.07, 6.45) is 2.88. The molecule has 0 bridgehead atoms. The number of aliphatic hydroxyl groups is 1. The number of hydrogen-bond acceptors (Lipinski definition) is 4. The van der Waals surface area contributed by atoms with Crippen LogP contribution in [0.4, 0.5) is 0 Å². The van der Waals surface area contributed by atoms with Crippen molar-refractivity contribution in [3.8, 4) is 0 Å². The maximum absolute atomic E-state index is 9.21. The van der Waals surface area contributed by atoms with Crippen molar-refractivity contribution >= 4 is 11.8 Å². The van der Waals surface area contributed by atoms with Crippen molar-refractivity contribution in [2.24, 2.45) is 0 Å². The fourth-order valence-corrected chi connectivity index (χ4v) is 1.29. The van der Waals surface area contributed by atoms with Crippen LogP contribution in [0.1, 0.15) is 6.42 Å². The van der Waals surface area contributed by atoms with Gasteiger partial charge in [0, 0.05) is 13.7 Å². The van der Waals surface area contributed by atoms with Gasteiger partial charge in [-0.1, -0.05) is 0 Å². The topological polar surface area (TPSA) is 41.5 Å². The summed E-state index contributed by atoms with van der Waals surface area (Å²) in [5.41, 5.74) is 0. The summed E-state index contributed by atoms with van der Waals surface area (Å²) in [5.74, 6) is 1.17. The number of ether oxygens (including phenoxy) is 1. The number of hydrogen-bond donors (Lipinski definition) is 2. The van der Waals surface area contributed by atoms with Crippen molar-refractivity contribution in [2.75, 3.05) is 38.8 Å². The molecule has 0 aliphatic carbocycles. The number of aliphatic hydroxyl groups excluding tert-OH is 1. The Morgan fingerprint density at radius 3 is 2.92 bits per heavy atom. The Labute approximate surface area is 78.9 Å². The lowest BCUT2D eigenvalue weighted by Gasteiger charge is -2.09. The summed E-state index contributed by atoms with van der Waals surface area (Å²) in [6.45, 7) is 2.01. The van der Waals surface area contributed by atoms with Crippen LogP contribution < -0.4 is 5.32 Å². The van der Waals surface area contributed by atoms with Crippen LogP contribution in [0, 0.1) is 0 Å². The van der Waals surface area contributed by atoms with E-state index < -0.39 is 0 Å². The highest BCUT2D eigenvalue weighted by molar-refractivity contribution is 7.98.